The van der Waals surface area contributed by atoms with Gasteiger partial charge in [0.15, 0.2) is 0 Å². The Morgan fingerprint density at radius 1 is 1.03 bits per heavy atom. The standard InChI is InChI=1S/C20H17N7O3/c1-29-13-8-6-11(7-9-13)18-15-16(12-4-3-5-14(10-12)30-2)22-23-19(28)17(15)21-20-24-25-26-27(18)20/h3-10,18H,1-2H3,(H,23,28)(H,21,24,26)/t18-/m0/s1. The van der Waals surface area contributed by atoms with E-state index >= 15 is 0 Å². The Balaban J connectivity index is 1.78. The highest BCUT2D eigenvalue weighted by atomic mass is 16.5. The first-order valence-corrected chi connectivity index (χ1v) is 9.15. The summed E-state index contributed by atoms with van der Waals surface area (Å²) in [5.41, 5.74) is 2.92. The van der Waals surface area contributed by atoms with Gasteiger partial charge in [-0.05, 0) is 40.3 Å². The van der Waals surface area contributed by atoms with Gasteiger partial charge < -0.3 is 14.8 Å². The van der Waals surface area contributed by atoms with E-state index in [2.05, 4.69) is 31.0 Å². The number of nitrogens with zero attached hydrogens (tertiary/aromatic N) is 5. The predicted molar refractivity (Wildman–Crippen MR) is 108 cm³/mol. The normalized spacial score (nSPS) is 14.4. The second-order valence-corrected chi connectivity index (χ2v) is 6.67. The number of tetrazole rings is 1. The Bertz CT molecular complexity index is 1280. The smallest absolute Gasteiger partial charge is 0.288 e. The minimum Gasteiger partial charge on any atom is -0.497 e. The van der Waals surface area contributed by atoms with Gasteiger partial charge in [-0.25, -0.2) is 5.10 Å². The molecule has 0 fully saturated rings. The molecule has 2 N–H and O–H groups in total. The summed E-state index contributed by atoms with van der Waals surface area (Å²) in [5.74, 6) is 1.78. The molecule has 0 amide bonds. The van der Waals surface area contributed by atoms with Crippen LogP contribution in [0.4, 0.5) is 11.6 Å². The monoisotopic (exact) mass is 403 g/mol. The van der Waals surface area contributed by atoms with Crippen LogP contribution in [0, 0.1) is 0 Å². The molecule has 4 aromatic rings. The summed E-state index contributed by atoms with van der Waals surface area (Å²) in [5, 5.41) is 21.9. The number of hydrogen-bond donors (Lipinski definition) is 2. The van der Waals surface area contributed by atoms with E-state index < -0.39 is 6.04 Å². The zero-order valence-electron chi connectivity index (χ0n) is 16.2. The van der Waals surface area contributed by atoms with Crippen molar-refractivity contribution in [3.05, 3.63) is 70.0 Å². The number of aromatic nitrogens is 6. The molecule has 3 heterocycles. The molecule has 1 atom stereocenters. The Morgan fingerprint density at radius 2 is 1.83 bits per heavy atom. The van der Waals surface area contributed by atoms with Crippen molar-refractivity contribution in [1.29, 1.82) is 0 Å². The number of nitrogens with one attached hydrogen (secondary N) is 2. The lowest BCUT2D eigenvalue weighted by atomic mass is 9.92. The van der Waals surface area contributed by atoms with Crippen LogP contribution in [0.5, 0.6) is 11.5 Å². The van der Waals surface area contributed by atoms with Crippen LogP contribution in [0.2, 0.25) is 0 Å². The van der Waals surface area contributed by atoms with Crippen molar-refractivity contribution in [1.82, 2.24) is 30.4 Å². The summed E-state index contributed by atoms with van der Waals surface area (Å²) >= 11 is 0. The largest absolute Gasteiger partial charge is 0.497 e. The van der Waals surface area contributed by atoms with Crippen LogP contribution in [0.1, 0.15) is 17.2 Å². The fourth-order valence-corrected chi connectivity index (χ4v) is 3.62. The first kappa shape index (κ1) is 17.9. The molecule has 0 bridgehead atoms. The molecule has 5 rings (SSSR count). The molecule has 1 aliphatic heterocycles. The Hall–Kier alpha value is -4.21. The molecule has 150 valence electrons. The van der Waals surface area contributed by atoms with Crippen LogP contribution >= 0.6 is 0 Å². The lowest BCUT2D eigenvalue weighted by Gasteiger charge is -2.28. The molecule has 0 aliphatic carbocycles. The summed E-state index contributed by atoms with van der Waals surface area (Å²) in [6.45, 7) is 0. The lowest BCUT2D eigenvalue weighted by Crippen LogP contribution is -2.29. The summed E-state index contributed by atoms with van der Waals surface area (Å²) in [7, 11) is 3.21. The van der Waals surface area contributed by atoms with E-state index in [0.717, 1.165) is 16.9 Å². The van der Waals surface area contributed by atoms with E-state index in [-0.39, 0.29) is 5.56 Å². The average Bonchev–Trinajstić information content (AvgIpc) is 3.27. The highest BCUT2D eigenvalue weighted by Crippen LogP contribution is 2.41. The third-order valence-corrected chi connectivity index (χ3v) is 5.04. The van der Waals surface area contributed by atoms with E-state index in [4.69, 9.17) is 9.47 Å². The number of aromatic amines is 1. The molecule has 10 nitrogen and oxygen atoms in total. The number of H-pyrrole nitrogens is 1. The van der Waals surface area contributed by atoms with Gasteiger partial charge in [0.05, 0.1) is 19.9 Å². The van der Waals surface area contributed by atoms with E-state index in [1.807, 2.05) is 48.5 Å². The molecule has 0 spiro atoms. The summed E-state index contributed by atoms with van der Waals surface area (Å²) in [6, 6.07) is 14.6. The molecule has 0 radical (unpaired) electrons. The highest BCUT2D eigenvalue weighted by molar-refractivity contribution is 5.76. The molecule has 0 unspecified atom stereocenters. The number of fused-ring (bicyclic) bond motifs is 2. The van der Waals surface area contributed by atoms with Gasteiger partial charge in [0, 0.05) is 11.1 Å². The summed E-state index contributed by atoms with van der Waals surface area (Å²) in [4.78, 5) is 12.7. The third kappa shape index (κ3) is 2.77. The molecule has 2 aromatic carbocycles. The number of ether oxygens (including phenoxy) is 2. The van der Waals surface area contributed by atoms with Gasteiger partial charge in [-0.1, -0.05) is 29.4 Å². The molecule has 0 saturated carbocycles. The average molecular weight is 403 g/mol. The lowest BCUT2D eigenvalue weighted by molar-refractivity contribution is 0.414. The maximum atomic E-state index is 12.7. The van der Waals surface area contributed by atoms with Crippen LogP contribution in [-0.2, 0) is 0 Å². The third-order valence-electron chi connectivity index (χ3n) is 5.04. The first-order valence-electron chi connectivity index (χ1n) is 9.15. The van der Waals surface area contributed by atoms with Gasteiger partial charge in [0.25, 0.3) is 5.56 Å². The predicted octanol–water partition coefficient (Wildman–Crippen LogP) is 2.14. The maximum absolute atomic E-state index is 12.7. The van der Waals surface area contributed by atoms with Gasteiger partial charge in [-0.2, -0.15) is 9.78 Å². The number of methoxy groups -OCH3 is 2. The van der Waals surface area contributed by atoms with Crippen LogP contribution in [-0.4, -0.2) is 44.6 Å². The molecule has 2 aromatic heterocycles. The Labute approximate surface area is 170 Å². The van der Waals surface area contributed by atoms with E-state index in [1.165, 1.54) is 0 Å². The minimum atomic E-state index is -0.465. The maximum Gasteiger partial charge on any atom is 0.288 e. The summed E-state index contributed by atoms with van der Waals surface area (Å²) < 4.78 is 12.3. The molecular formula is C20H17N7O3. The number of hydrogen-bond acceptors (Lipinski definition) is 8. The first-order chi connectivity index (χ1) is 14.7. The van der Waals surface area contributed by atoms with Crippen molar-refractivity contribution < 1.29 is 9.47 Å². The quantitative estimate of drug-likeness (QED) is 0.468. The zero-order valence-corrected chi connectivity index (χ0v) is 16.2. The van der Waals surface area contributed by atoms with Crippen molar-refractivity contribution >= 4 is 11.6 Å². The van der Waals surface area contributed by atoms with Gasteiger partial charge >= 0.3 is 0 Å². The molecular weight excluding hydrogens is 386 g/mol. The zero-order chi connectivity index (χ0) is 20.7. The van der Waals surface area contributed by atoms with Crippen LogP contribution in [0.25, 0.3) is 11.3 Å². The summed E-state index contributed by atoms with van der Waals surface area (Å²) in [6.07, 6.45) is 0. The van der Waals surface area contributed by atoms with Gasteiger partial charge in [-0.3, -0.25) is 4.79 Å². The Kier molecular flexibility index (Phi) is 4.16. The van der Waals surface area contributed by atoms with Gasteiger partial charge in [-0.15, -0.1) is 0 Å². The second kappa shape index (κ2) is 6.99. The van der Waals surface area contributed by atoms with Crippen LogP contribution < -0.4 is 20.3 Å². The fourth-order valence-electron chi connectivity index (χ4n) is 3.62. The van der Waals surface area contributed by atoms with Crippen molar-refractivity contribution in [2.45, 2.75) is 6.04 Å². The highest BCUT2D eigenvalue weighted by Gasteiger charge is 2.34. The van der Waals surface area contributed by atoms with E-state index in [9.17, 15) is 4.79 Å². The van der Waals surface area contributed by atoms with E-state index in [1.54, 1.807) is 18.9 Å². The van der Waals surface area contributed by atoms with Crippen LogP contribution in [0.3, 0.4) is 0 Å². The van der Waals surface area contributed by atoms with Crippen molar-refractivity contribution in [3.63, 3.8) is 0 Å². The fraction of sp³-hybridized carbons (Fsp3) is 0.150. The number of benzene rings is 2. The van der Waals surface area contributed by atoms with Crippen LogP contribution in [0.15, 0.2) is 53.3 Å². The molecule has 1 aliphatic rings. The van der Waals surface area contributed by atoms with E-state index in [0.29, 0.717) is 28.6 Å². The van der Waals surface area contributed by atoms with Crippen molar-refractivity contribution in [3.8, 4) is 22.8 Å². The SMILES string of the molecule is COc1ccc([C@H]2c3c(-c4cccc(OC)c4)n[nH]c(=O)c3Nc3nnnn32)cc1. The number of anilines is 2. The molecule has 10 heteroatoms. The minimum absolute atomic E-state index is 0.353. The Morgan fingerprint density at radius 3 is 2.60 bits per heavy atom. The molecule has 30 heavy (non-hydrogen) atoms. The molecule has 0 saturated heterocycles. The van der Waals surface area contributed by atoms with Gasteiger partial charge in [0.2, 0.25) is 5.95 Å². The number of rotatable bonds is 4. The second-order valence-electron chi connectivity index (χ2n) is 6.67. The van der Waals surface area contributed by atoms with Crippen molar-refractivity contribution in [2.24, 2.45) is 0 Å². The van der Waals surface area contributed by atoms with Gasteiger partial charge in [0.1, 0.15) is 23.2 Å². The topological polar surface area (TPSA) is 120 Å². The van der Waals surface area contributed by atoms with Crippen molar-refractivity contribution in [2.75, 3.05) is 19.5 Å².